The first-order valence-electron chi connectivity index (χ1n) is 6.14. The van der Waals surface area contributed by atoms with E-state index in [1.54, 1.807) is 28.8 Å². The van der Waals surface area contributed by atoms with Crippen molar-refractivity contribution in [1.82, 2.24) is 9.55 Å². The van der Waals surface area contributed by atoms with Gasteiger partial charge in [0.15, 0.2) is 5.78 Å². The second-order valence-electron chi connectivity index (χ2n) is 4.47. The molecule has 0 aliphatic heterocycles. The van der Waals surface area contributed by atoms with Crippen molar-refractivity contribution in [3.8, 4) is 0 Å². The molecule has 1 heterocycles. The molecule has 0 aliphatic carbocycles. The zero-order valence-electron chi connectivity index (χ0n) is 10.6. The van der Waals surface area contributed by atoms with Gasteiger partial charge < -0.3 is 10.3 Å². The van der Waals surface area contributed by atoms with Crippen molar-refractivity contribution < 1.29 is 4.79 Å². The van der Waals surface area contributed by atoms with E-state index in [9.17, 15) is 4.79 Å². The number of hydrogen-bond donors (Lipinski definition) is 1. The topological polar surface area (TPSA) is 60.9 Å². The van der Waals surface area contributed by atoms with Gasteiger partial charge in [0.1, 0.15) is 0 Å². The largest absolute Gasteiger partial charge is 0.369 e. The number of ketones is 1. The molecular formula is C15H12ClN3O. The van der Waals surface area contributed by atoms with E-state index in [1.165, 1.54) is 0 Å². The Kier molecular flexibility index (Phi) is 3.16. The molecule has 3 aromatic rings. The minimum atomic E-state index is -0.0310. The Bertz CT molecular complexity index is 777. The van der Waals surface area contributed by atoms with Crippen LogP contribution in [0.5, 0.6) is 0 Å². The number of rotatable bonds is 3. The van der Waals surface area contributed by atoms with Crippen molar-refractivity contribution in [3.63, 3.8) is 0 Å². The number of Topliss-reactive ketones (excluding diaryl/α,β-unsaturated/α-hetero) is 1. The average molecular weight is 286 g/mol. The summed E-state index contributed by atoms with van der Waals surface area (Å²) in [6.07, 6.45) is 0. The number of halogens is 1. The maximum atomic E-state index is 12.3. The second kappa shape index (κ2) is 4.98. The van der Waals surface area contributed by atoms with Crippen molar-refractivity contribution in [2.75, 3.05) is 5.73 Å². The molecule has 4 nitrogen and oxygen atoms in total. The summed E-state index contributed by atoms with van der Waals surface area (Å²) < 4.78 is 1.71. The lowest BCUT2D eigenvalue weighted by atomic mass is 10.1. The van der Waals surface area contributed by atoms with E-state index < -0.39 is 0 Å². The molecule has 0 aliphatic rings. The third-order valence-electron chi connectivity index (χ3n) is 3.15. The third-order valence-corrected chi connectivity index (χ3v) is 3.40. The molecule has 0 radical (unpaired) electrons. The molecule has 100 valence electrons. The summed E-state index contributed by atoms with van der Waals surface area (Å²) in [6, 6.07) is 14.4. The quantitative estimate of drug-likeness (QED) is 0.752. The monoisotopic (exact) mass is 285 g/mol. The standard InChI is InChI=1S/C15H12ClN3O/c16-11-7-5-10(6-8-11)14(20)9-19-13-4-2-1-3-12(13)18-15(19)17/h1-8H,9H2,(H2,17,18). The molecule has 1 aromatic heterocycles. The Hall–Kier alpha value is -2.33. The minimum Gasteiger partial charge on any atom is -0.369 e. The molecule has 0 saturated heterocycles. The summed E-state index contributed by atoms with van der Waals surface area (Å²) in [7, 11) is 0. The number of nitrogens with two attached hydrogens (primary N) is 1. The lowest BCUT2D eigenvalue weighted by molar-refractivity contribution is 0.0974. The van der Waals surface area contributed by atoms with Crippen LogP contribution in [-0.2, 0) is 6.54 Å². The van der Waals surface area contributed by atoms with E-state index in [0.29, 0.717) is 16.5 Å². The molecule has 2 N–H and O–H groups in total. The smallest absolute Gasteiger partial charge is 0.201 e. The number of para-hydroxylation sites is 2. The number of nitrogens with zero attached hydrogens (tertiary/aromatic N) is 2. The molecule has 0 saturated carbocycles. The zero-order valence-corrected chi connectivity index (χ0v) is 11.3. The highest BCUT2D eigenvalue weighted by molar-refractivity contribution is 6.30. The van der Waals surface area contributed by atoms with Crippen LogP contribution in [-0.4, -0.2) is 15.3 Å². The van der Waals surface area contributed by atoms with Gasteiger partial charge in [0.25, 0.3) is 0 Å². The molecule has 20 heavy (non-hydrogen) atoms. The first-order chi connectivity index (χ1) is 9.65. The summed E-state index contributed by atoms with van der Waals surface area (Å²) in [5.74, 6) is 0.310. The van der Waals surface area contributed by atoms with Crippen LogP contribution in [0.1, 0.15) is 10.4 Å². The van der Waals surface area contributed by atoms with Gasteiger partial charge in [0, 0.05) is 10.6 Å². The van der Waals surface area contributed by atoms with Gasteiger partial charge in [-0.25, -0.2) is 4.98 Å². The number of anilines is 1. The third kappa shape index (κ3) is 2.26. The molecule has 0 atom stereocenters. The van der Waals surface area contributed by atoms with Crippen LogP contribution < -0.4 is 5.73 Å². The van der Waals surface area contributed by atoms with Crippen LogP contribution >= 0.6 is 11.6 Å². The molecule has 5 heteroatoms. The Morgan fingerprint density at radius 2 is 1.85 bits per heavy atom. The molecule has 0 bridgehead atoms. The lowest BCUT2D eigenvalue weighted by Crippen LogP contribution is -2.12. The molecule has 2 aromatic carbocycles. The predicted octanol–water partition coefficient (Wildman–Crippen LogP) is 3.15. The molecule has 0 amide bonds. The fourth-order valence-electron chi connectivity index (χ4n) is 2.13. The number of hydrogen-bond acceptors (Lipinski definition) is 3. The van der Waals surface area contributed by atoms with Gasteiger partial charge in [-0.1, -0.05) is 23.7 Å². The van der Waals surface area contributed by atoms with Crippen LogP contribution in [0, 0.1) is 0 Å². The highest BCUT2D eigenvalue weighted by Crippen LogP contribution is 2.18. The van der Waals surface area contributed by atoms with E-state index in [4.69, 9.17) is 17.3 Å². The van der Waals surface area contributed by atoms with Crippen LogP contribution in [0.4, 0.5) is 5.95 Å². The van der Waals surface area contributed by atoms with Crippen molar-refractivity contribution >= 4 is 34.4 Å². The van der Waals surface area contributed by atoms with Gasteiger partial charge in [0.05, 0.1) is 17.6 Å². The van der Waals surface area contributed by atoms with E-state index in [-0.39, 0.29) is 12.3 Å². The summed E-state index contributed by atoms with van der Waals surface area (Å²) in [5.41, 5.74) is 8.13. The van der Waals surface area contributed by atoms with Gasteiger partial charge in [-0.3, -0.25) is 4.79 Å². The fourth-order valence-corrected chi connectivity index (χ4v) is 2.26. The SMILES string of the molecule is Nc1nc2ccccc2n1CC(=O)c1ccc(Cl)cc1. The minimum absolute atomic E-state index is 0.0310. The van der Waals surface area contributed by atoms with Gasteiger partial charge >= 0.3 is 0 Å². The van der Waals surface area contributed by atoms with Crippen molar-refractivity contribution in [1.29, 1.82) is 0 Å². The number of imidazole rings is 1. The Labute approximate surface area is 120 Å². The van der Waals surface area contributed by atoms with Gasteiger partial charge in [-0.05, 0) is 36.4 Å². The summed E-state index contributed by atoms with van der Waals surface area (Å²) in [4.78, 5) is 16.5. The number of carbonyl (C=O) groups is 1. The summed E-state index contributed by atoms with van der Waals surface area (Å²) in [5, 5.41) is 0.606. The number of nitrogen functional groups attached to an aromatic ring is 1. The van der Waals surface area contributed by atoms with Crippen LogP contribution in [0.2, 0.25) is 5.02 Å². The van der Waals surface area contributed by atoms with Gasteiger partial charge in [-0.2, -0.15) is 0 Å². The maximum Gasteiger partial charge on any atom is 0.201 e. The molecular weight excluding hydrogens is 274 g/mol. The Morgan fingerprint density at radius 3 is 2.60 bits per heavy atom. The van der Waals surface area contributed by atoms with Crippen LogP contribution in [0.3, 0.4) is 0 Å². The fraction of sp³-hybridized carbons (Fsp3) is 0.0667. The normalized spacial score (nSPS) is 10.8. The Balaban J connectivity index is 1.95. The predicted molar refractivity (Wildman–Crippen MR) is 79.9 cm³/mol. The molecule has 0 unspecified atom stereocenters. The van der Waals surface area contributed by atoms with Crippen LogP contribution in [0.15, 0.2) is 48.5 Å². The average Bonchev–Trinajstić information content (AvgIpc) is 2.76. The van der Waals surface area contributed by atoms with Crippen molar-refractivity contribution in [2.45, 2.75) is 6.54 Å². The van der Waals surface area contributed by atoms with Gasteiger partial charge in [0.2, 0.25) is 5.95 Å². The number of benzene rings is 2. The first-order valence-corrected chi connectivity index (χ1v) is 6.52. The zero-order chi connectivity index (χ0) is 14.1. The van der Waals surface area contributed by atoms with E-state index in [1.807, 2.05) is 24.3 Å². The highest BCUT2D eigenvalue weighted by Gasteiger charge is 2.12. The highest BCUT2D eigenvalue weighted by atomic mass is 35.5. The van der Waals surface area contributed by atoms with Crippen molar-refractivity contribution in [3.05, 3.63) is 59.1 Å². The molecule has 0 spiro atoms. The lowest BCUT2D eigenvalue weighted by Gasteiger charge is -2.06. The van der Waals surface area contributed by atoms with Crippen molar-refractivity contribution in [2.24, 2.45) is 0 Å². The number of aromatic nitrogens is 2. The van der Waals surface area contributed by atoms with E-state index in [0.717, 1.165) is 11.0 Å². The number of carbonyl (C=O) groups excluding carboxylic acids is 1. The molecule has 0 fully saturated rings. The summed E-state index contributed by atoms with van der Waals surface area (Å²) in [6.45, 7) is 0.161. The Morgan fingerprint density at radius 1 is 1.15 bits per heavy atom. The number of fused-ring (bicyclic) bond motifs is 1. The van der Waals surface area contributed by atoms with E-state index >= 15 is 0 Å². The first kappa shape index (κ1) is 12.7. The van der Waals surface area contributed by atoms with E-state index in [2.05, 4.69) is 4.98 Å². The second-order valence-corrected chi connectivity index (χ2v) is 4.91. The summed E-state index contributed by atoms with van der Waals surface area (Å²) >= 11 is 5.82. The van der Waals surface area contributed by atoms with Crippen LogP contribution in [0.25, 0.3) is 11.0 Å². The maximum absolute atomic E-state index is 12.3. The molecule has 3 rings (SSSR count). The van der Waals surface area contributed by atoms with Gasteiger partial charge in [-0.15, -0.1) is 0 Å².